The number of hydrogen-bond acceptors (Lipinski definition) is 5. The molecule has 2 aromatic rings. The molecule has 0 unspecified atom stereocenters. The van der Waals surface area contributed by atoms with Crippen LogP contribution >= 0.6 is 11.8 Å². The molecule has 4 nitrogen and oxygen atoms in total. The second-order valence-corrected chi connectivity index (χ2v) is 7.05. The molecule has 2 heterocycles. The number of fused-ring (bicyclic) bond motifs is 2. The van der Waals surface area contributed by atoms with Crippen LogP contribution in [0.5, 0.6) is 5.75 Å². The molecule has 0 N–H and O–H groups in total. The number of thioether (sulfide) groups is 1. The van der Waals surface area contributed by atoms with Crippen molar-refractivity contribution in [3.05, 3.63) is 76.8 Å². The van der Waals surface area contributed by atoms with Crippen LogP contribution in [-0.2, 0) is 4.74 Å². The first kappa shape index (κ1) is 16.9. The predicted molar refractivity (Wildman–Crippen MR) is 104 cm³/mol. The first-order valence-corrected chi connectivity index (χ1v) is 9.35. The topological polar surface area (TPSA) is 38.8 Å². The Kier molecular flexibility index (Phi) is 4.57. The number of carbonyl (C=O) groups excluding carboxylic acids is 1. The molecule has 0 spiro atoms. The molecular formula is C21H19NO3S. The van der Waals surface area contributed by atoms with Gasteiger partial charge in [0.25, 0.3) is 0 Å². The summed E-state index contributed by atoms with van der Waals surface area (Å²) in [6.07, 6.45) is 3.10. The maximum atomic E-state index is 12.9. The van der Waals surface area contributed by atoms with E-state index < -0.39 is 6.29 Å². The van der Waals surface area contributed by atoms with Gasteiger partial charge in [0.15, 0.2) is 5.78 Å². The monoisotopic (exact) mass is 365 g/mol. The van der Waals surface area contributed by atoms with Crippen LogP contribution in [0.3, 0.4) is 0 Å². The summed E-state index contributed by atoms with van der Waals surface area (Å²) in [4.78, 5) is 16.3. The van der Waals surface area contributed by atoms with Gasteiger partial charge in [0.1, 0.15) is 5.75 Å². The van der Waals surface area contributed by atoms with Gasteiger partial charge in [-0.05, 0) is 43.3 Å². The van der Waals surface area contributed by atoms with E-state index in [-0.39, 0.29) is 5.78 Å². The molecule has 5 heteroatoms. The van der Waals surface area contributed by atoms with E-state index in [4.69, 9.17) is 9.47 Å². The predicted octanol–water partition coefficient (Wildman–Crippen LogP) is 4.63. The lowest BCUT2D eigenvalue weighted by Gasteiger charge is -2.27. The van der Waals surface area contributed by atoms with Crippen LogP contribution in [0.2, 0.25) is 0 Å². The van der Waals surface area contributed by atoms with Crippen molar-refractivity contribution in [2.45, 2.75) is 18.1 Å². The van der Waals surface area contributed by atoms with Gasteiger partial charge >= 0.3 is 0 Å². The third kappa shape index (κ3) is 2.93. The van der Waals surface area contributed by atoms with Gasteiger partial charge in [-0.25, -0.2) is 0 Å². The first-order valence-electron chi connectivity index (χ1n) is 8.53. The van der Waals surface area contributed by atoms with E-state index in [9.17, 15) is 4.79 Å². The Morgan fingerprint density at radius 2 is 1.92 bits per heavy atom. The fraction of sp³-hybridized carbons (Fsp3) is 0.190. The Bertz CT molecular complexity index is 919. The van der Waals surface area contributed by atoms with Crippen molar-refractivity contribution < 1.29 is 14.3 Å². The molecule has 0 fully saturated rings. The third-order valence-electron chi connectivity index (χ3n) is 4.38. The highest BCUT2D eigenvalue weighted by atomic mass is 32.2. The SMILES string of the molecule is CCO[C@@H]1Oc2ccccc2C(=O)/C1=C\C=C1\Sc2ccccc2N1C. The largest absolute Gasteiger partial charge is 0.460 e. The van der Waals surface area contributed by atoms with Crippen molar-refractivity contribution in [2.75, 3.05) is 18.6 Å². The van der Waals surface area contributed by atoms with Crippen LogP contribution in [0.4, 0.5) is 5.69 Å². The molecule has 0 saturated carbocycles. The zero-order valence-electron chi connectivity index (χ0n) is 14.6. The van der Waals surface area contributed by atoms with Gasteiger partial charge < -0.3 is 14.4 Å². The number of rotatable bonds is 3. The summed E-state index contributed by atoms with van der Waals surface area (Å²) >= 11 is 1.68. The number of carbonyl (C=O) groups is 1. The molecule has 0 aromatic heterocycles. The maximum absolute atomic E-state index is 12.9. The second kappa shape index (κ2) is 7.02. The van der Waals surface area contributed by atoms with Crippen LogP contribution < -0.4 is 9.64 Å². The molecule has 0 radical (unpaired) electrons. The number of hydrogen-bond donors (Lipinski definition) is 0. The summed E-state index contributed by atoms with van der Waals surface area (Å²) in [5, 5.41) is 1.06. The standard InChI is InChI=1S/C21H19NO3S/c1-3-24-21-15(20(23)14-8-4-6-10-17(14)25-21)12-13-19-22(2)16-9-5-7-11-18(16)26-19/h4-13,21H,3H2,1-2H3/b15-12+,19-13+/t21-/m1/s1. The molecule has 2 aliphatic rings. The number of para-hydroxylation sites is 2. The molecular weight excluding hydrogens is 346 g/mol. The van der Waals surface area contributed by atoms with E-state index in [0.29, 0.717) is 23.5 Å². The normalized spacial score (nSPS) is 21.7. The molecule has 0 aliphatic carbocycles. The van der Waals surface area contributed by atoms with Gasteiger partial charge in [0, 0.05) is 18.6 Å². The van der Waals surface area contributed by atoms with Gasteiger partial charge in [-0.3, -0.25) is 4.79 Å². The minimum atomic E-state index is -0.682. The average Bonchev–Trinajstić information content (AvgIpc) is 2.98. The van der Waals surface area contributed by atoms with E-state index in [1.807, 2.05) is 50.4 Å². The Labute approximate surface area is 157 Å². The van der Waals surface area contributed by atoms with Crippen molar-refractivity contribution in [2.24, 2.45) is 0 Å². The average molecular weight is 365 g/mol. The molecule has 4 rings (SSSR count). The van der Waals surface area contributed by atoms with Crippen molar-refractivity contribution in [1.29, 1.82) is 0 Å². The quantitative estimate of drug-likeness (QED) is 0.741. The van der Waals surface area contributed by atoms with Gasteiger partial charge in [-0.15, -0.1) is 0 Å². The number of nitrogens with zero attached hydrogens (tertiary/aromatic N) is 1. The lowest BCUT2D eigenvalue weighted by Crippen LogP contribution is -2.32. The fourth-order valence-electron chi connectivity index (χ4n) is 3.06. The smallest absolute Gasteiger partial charge is 0.230 e. The van der Waals surface area contributed by atoms with Crippen LogP contribution in [0.15, 0.2) is 76.2 Å². The summed E-state index contributed by atoms with van der Waals surface area (Å²) in [7, 11) is 2.03. The molecule has 0 saturated heterocycles. The molecule has 132 valence electrons. The van der Waals surface area contributed by atoms with Crippen molar-refractivity contribution in [3.8, 4) is 5.75 Å². The minimum Gasteiger partial charge on any atom is -0.460 e. The van der Waals surface area contributed by atoms with Crippen molar-refractivity contribution >= 4 is 23.2 Å². The molecule has 2 aliphatic heterocycles. The van der Waals surface area contributed by atoms with Gasteiger partial charge in [-0.2, -0.15) is 0 Å². The zero-order chi connectivity index (χ0) is 18.1. The second-order valence-electron chi connectivity index (χ2n) is 5.99. The molecule has 2 aromatic carbocycles. The lowest BCUT2D eigenvalue weighted by atomic mass is 9.99. The number of allylic oxidation sites excluding steroid dienone is 2. The van der Waals surface area contributed by atoms with Gasteiger partial charge in [0.05, 0.1) is 21.9 Å². The summed E-state index contributed by atoms with van der Waals surface area (Å²) in [6, 6.07) is 15.5. The maximum Gasteiger partial charge on any atom is 0.230 e. The highest BCUT2D eigenvalue weighted by Gasteiger charge is 2.32. The first-order chi connectivity index (χ1) is 12.7. The number of ether oxygens (including phenoxy) is 2. The highest BCUT2D eigenvalue weighted by molar-refractivity contribution is 8.03. The molecule has 1 atom stereocenters. The van der Waals surface area contributed by atoms with E-state index >= 15 is 0 Å². The number of anilines is 1. The van der Waals surface area contributed by atoms with Crippen molar-refractivity contribution in [3.63, 3.8) is 0 Å². The Morgan fingerprint density at radius 1 is 1.15 bits per heavy atom. The summed E-state index contributed by atoms with van der Waals surface area (Å²) in [5.74, 6) is 0.519. The van der Waals surface area contributed by atoms with Crippen molar-refractivity contribution in [1.82, 2.24) is 0 Å². The third-order valence-corrected chi connectivity index (χ3v) is 5.56. The van der Waals surface area contributed by atoms with E-state index in [0.717, 1.165) is 5.03 Å². The molecule has 26 heavy (non-hydrogen) atoms. The summed E-state index contributed by atoms with van der Waals surface area (Å²) < 4.78 is 11.6. The van der Waals surface area contributed by atoms with Gasteiger partial charge in [-0.1, -0.05) is 36.0 Å². The van der Waals surface area contributed by atoms with E-state index in [2.05, 4.69) is 17.0 Å². The number of Topliss-reactive ketones (excluding diaryl/α,β-unsaturated/α-hetero) is 1. The van der Waals surface area contributed by atoms with Gasteiger partial charge in [0.2, 0.25) is 6.29 Å². The van der Waals surface area contributed by atoms with E-state index in [1.165, 1.54) is 10.6 Å². The fourth-order valence-corrected chi connectivity index (χ4v) is 4.11. The summed E-state index contributed by atoms with van der Waals surface area (Å²) in [6.45, 7) is 2.36. The molecule has 0 bridgehead atoms. The Morgan fingerprint density at radius 3 is 2.73 bits per heavy atom. The van der Waals surface area contributed by atoms with Crippen LogP contribution in [0.25, 0.3) is 0 Å². The lowest BCUT2D eigenvalue weighted by molar-refractivity contribution is -0.0508. The highest BCUT2D eigenvalue weighted by Crippen LogP contribution is 2.44. The number of ketones is 1. The molecule has 0 amide bonds. The van der Waals surface area contributed by atoms with Crippen LogP contribution in [0, 0.1) is 0 Å². The Hall–Kier alpha value is -2.50. The van der Waals surface area contributed by atoms with E-state index in [1.54, 1.807) is 23.9 Å². The zero-order valence-corrected chi connectivity index (χ0v) is 15.5. The van der Waals surface area contributed by atoms with Crippen LogP contribution in [0.1, 0.15) is 17.3 Å². The Balaban J connectivity index is 1.68. The summed E-state index contributed by atoms with van der Waals surface area (Å²) in [5.41, 5.74) is 2.26. The minimum absolute atomic E-state index is 0.0506. The van der Waals surface area contributed by atoms with Crippen LogP contribution in [-0.4, -0.2) is 25.7 Å². The number of benzene rings is 2.